The molecule has 162 valence electrons. The van der Waals surface area contributed by atoms with Gasteiger partial charge < -0.3 is 10.3 Å². The first-order valence-corrected chi connectivity index (χ1v) is 11.0. The Labute approximate surface area is 187 Å². The van der Waals surface area contributed by atoms with Gasteiger partial charge >= 0.3 is 0 Å². The van der Waals surface area contributed by atoms with Gasteiger partial charge in [0.25, 0.3) is 0 Å². The van der Waals surface area contributed by atoms with Crippen LogP contribution in [0, 0.1) is 11.7 Å². The summed E-state index contributed by atoms with van der Waals surface area (Å²) in [5, 5.41) is 0.698. The number of aromatic nitrogens is 2. The second kappa shape index (κ2) is 8.56. The van der Waals surface area contributed by atoms with E-state index in [1.807, 2.05) is 30.5 Å². The van der Waals surface area contributed by atoms with Gasteiger partial charge in [0.1, 0.15) is 11.6 Å². The average molecular weight is 440 g/mol. The van der Waals surface area contributed by atoms with Crippen molar-refractivity contribution in [1.82, 2.24) is 9.55 Å². The zero-order valence-electron chi connectivity index (χ0n) is 17.8. The molecule has 4 nitrogen and oxygen atoms in total. The fourth-order valence-corrected chi connectivity index (χ4v) is 4.64. The highest BCUT2D eigenvalue weighted by Gasteiger charge is 2.44. The van der Waals surface area contributed by atoms with Gasteiger partial charge in [0.05, 0.1) is 11.7 Å². The molecule has 0 spiro atoms. The van der Waals surface area contributed by atoms with Gasteiger partial charge in [-0.1, -0.05) is 37.6 Å². The van der Waals surface area contributed by atoms with Crippen LogP contribution in [0.1, 0.15) is 38.1 Å². The first kappa shape index (κ1) is 21.7. The minimum atomic E-state index is -0.516. The Kier molecular flexibility index (Phi) is 6.00. The zero-order chi connectivity index (χ0) is 22.2. The molecule has 2 unspecified atom stereocenters. The van der Waals surface area contributed by atoms with Crippen LogP contribution in [0.3, 0.4) is 0 Å². The number of aryl methyl sites for hydroxylation is 2. The summed E-state index contributed by atoms with van der Waals surface area (Å²) in [6.45, 7) is 4.84. The molecule has 0 saturated heterocycles. The van der Waals surface area contributed by atoms with Crippen molar-refractivity contribution in [2.75, 3.05) is 0 Å². The van der Waals surface area contributed by atoms with Crippen molar-refractivity contribution in [2.45, 2.75) is 51.1 Å². The van der Waals surface area contributed by atoms with E-state index in [0.29, 0.717) is 18.0 Å². The van der Waals surface area contributed by atoms with E-state index < -0.39 is 11.5 Å². The topological polar surface area (TPSA) is 60.9 Å². The van der Waals surface area contributed by atoms with E-state index in [9.17, 15) is 9.18 Å². The molecule has 3 aromatic rings. The summed E-state index contributed by atoms with van der Waals surface area (Å²) in [5.74, 6) is 0.507. The van der Waals surface area contributed by atoms with Gasteiger partial charge in [0, 0.05) is 34.7 Å². The number of carbonyl (C=O) groups excluding carboxylic acids is 1. The van der Waals surface area contributed by atoms with Gasteiger partial charge in [-0.2, -0.15) is 0 Å². The smallest absolute Gasteiger partial charge is 0.153 e. The quantitative estimate of drug-likeness (QED) is 0.576. The maximum atomic E-state index is 13.3. The standard InChI is InChI=1S/C25H27ClFN3O/c1-25(2)20(23(31)21(28)12-5-16-3-8-18(26)9-4-16)13-14-30-15-22(29-24(25)30)17-6-10-19(27)11-7-17/h3-4,6-11,15,20-21H,5,12-14,28H2,1-2H3. The monoisotopic (exact) mass is 439 g/mol. The van der Waals surface area contributed by atoms with E-state index in [2.05, 4.69) is 18.4 Å². The number of fused-ring (bicyclic) bond motifs is 1. The van der Waals surface area contributed by atoms with Gasteiger partial charge in [-0.25, -0.2) is 9.37 Å². The molecule has 6 heteroatoms. The number of rotatable bonds is 6. The van der Waals surface area contributed by atoms with Gasteiger partial charge in [0.15, 0.2) is 5.78 Å². The summed E-state index contributed by atoms with van der Waals surface area (Å²) >= 11 is 5.94. The number of ketones is 1. The molecule has 4 rings (SSSR count). The van der Waals surface area contributed by atoms with Crippen LogP contribution < -0.4 is 5.73 Å². The van der Waals surface area contributed by atoms with Crippen LogP contribution in [0.4, 0.5) is 4.39 Å². The van der Waals surface area contributed by atoms with Crippen molar-refractivity contribution >= 4 is 17.4 Å². The molecule has 2 aromatic carbocycles. The lowest BCUT2D eigenvalue weighted by Gasteiger charge is -2.38. The van der Waals surface area contributed by atoms with Crippen molar-refractivity contribution < 1.29 is 9.18 Å². The van der Waals surface area contributed by atoms with Gasteiger partial charge in [-0.3, -0.25) is 4.79 Å². The molecule has 2 heterocycles. The van der Waals surface area contributed by atoms with E-state index in [1.54, 1.807) is 12.1 Å². The van der Waals surface area contributed by atoms with Crippen LogP contribution in [0.2, 0.25) is 5.02 Å². The zero-order valence-corrected chi connectivity index (χ0v) is 18.6. The summed E-state index contributed by atoms with van der Waals surface area (Å²) in [4.78, 5) is 18.1. The summed E-state index contributed by atoms with van der Waals surface area (Å²) in [6.07, 6.45) is 4.06. The van der Waals surface area contributed by atoms with Crippen LogP contribution in [0.15, 0.2) is 54.7 Å². The minimum Gasteiger partial charge on any atom is -0.334 e. The number of benzene rings is 2. The number of hydrogen-bond donors (Lipinski definition) is 1. The molecule has 1 aliphatic rings. The summed E-state index contributed by atoms with van der Waals surface area (Å²) in [7, 11) is 0. The Hall–Kier alpha value is -2.50. The van der Waals surface area contributed by atoms with E-state index in [-0.39, 0.29) is 17.5 Å². The third-order valence-electron chi connectivity index (χ3n) is 6.39. The Morgan fingerprint density at radius 1 is 1.23 bits per heavy atom. The van der Waals surface area contributed by atoms with Gasteiger partial charge in [-0.05, 0) is 61.2 Å². The number of hydrogen-bond acceptors (Lipinski definition) is 3. The van der Waals surface area contributed by atoms with Crippen LogP contribution in [-0.4, -0.2) is 21.4 Å². The third kappa shape index (κ3) is 4.43. The number of halogens is 2. The van der Waals surface area contributed by atoms with E-state index in [0.717, 1.165) is 35.5 Å². The van der Waals surface area contributed by atoms with Crippen molar-refractivity contribution in [3.63, 3.8) is 0 Å². The molecular weight excluding hydrogens is 413 g/mol. The number of Topliss-reactive ketones (excluding diaryl/α,β-unsaturated/α-hetero) is 1. The fraction of sp³-hybridized carbons (Fsp3) is 0.360. The Morgan fingerprint density at radius 2 is 1.90 bits per heavy atom. The number of nitrogens with zero attached hydrogens (tertiary/aromatic N) is 2. The van der Waals surface area contributed by atoms with Gasteiger partial charge in [-0.15, -0.1) is 0 Å². The molecular formula is C25H27ClFN3O. The highest BCUT2D eigenvalue weighted by Crippen LogP contribution is 2.40. The van der Waals surface area contributed by atoms with Crippen molar-refractivity contribution in [3.05, 3.63) is 77.0 Å². The highest BCUT2D eigenvalue weighted by molar-refractivity contribution is 6.30. The normalized spacial score (nSPS) is 18.4. The molecule has 0 saturated carbocycles. The molecule has 1 aromatic heterocycles. The SMILES string of the molecule is CC1(C)c2nc(-c3ccc(F)cc3)cn2CCC1C(=O)C(N)CCc1ccc(Cl)cc1. The Morgan fingerprint density at radius 3 is 2.58 bits per heavy atom. The van der Waals surface area contributed by atoms with Crippen LogP contribution >= 0.6 is 11.6 Å². The minimum absolute atomic E-state index is 0.0940. The average Bonchev–Trinajstić information content (AvgIpc) is 3.19. The molecule has 0 radical (unpaired) electrons. The highest BCUT2D eigenvalue weighted by atomic mass is 35.5. The molecule has 0 amide bonds. The number of imidazole rings is 1. The molecule has 31 heavy (non-hydrogen) atoms. The summed E-state index contributed by atoms with van der Waals surface area (Å²) in [5.41, 5.74) is 8.68. The van der Waals surface area contributed by atoms with Crippen LogP contribution in [0.5, 0.6) is 0 Å². The third-order valence-corrected chi connectivity index (χ3v) is 6.64. The lowest BCUT2D eigenvalue weighted by molar-refractivity contribution is -0.127. The van der Waals surface area contributed by atoms with Gasteiger partial charge in [0.2, 0.25) is 0 Å². The lowest BCUT2D eigenvalue weighted by Crippen LogP contribution is -2.47. The maximum absolute atomic E-state index is 13.3. The number of carbonyl (C=O) groups is 1. The predicted octanol–water partition coefficient (Wildman–Crippen LogP) is 5.17. The van der Waals surface area contributed by atoms with E-state index in [1.165, 1.54) is 12.1 Å². The molecule has 0 fully saturated rings. The van der Waals surface area contributed by atoms with E-state index >= 15 is 0 Å². The second-order valence-electron chi connectivity index (χ2n) is 8.89. The predicted molar refractivity (Wildman–Crippen MR) is 122 cm³/mol. The molecule has 1 aliphatic heterocycles. The van der Waals surface area contributed by atoms with E-state index in [4.69, 9.17) is 22.3 Å². The second-order valence-corrected chi connectivity index (χ2v) is 9.32. The van der Waals surface area contributed by atoms with Crippen molar-refractivity contribution in [2.24, 2.45) is 11.7 Å². The molecule has 0 bridgehead atoms. The molecule has 0 aliphatic carbocycles. The summed E-state index contributed by atoms with van der Waals surface area (Å²) in [6, 6.07) is 13.5. The first-order valence-electron chi connectivity index (χ1n) is 10.6. The van der Waals surface area contributed by atoms with Crippen molar-refractivity contribution in [1.29, 1.82) is 0 Å². The fourth-order valence-electron chi connectivity index (χ4n) is 4.52. The molecule has 2 N–H and O–H groups in total. The summed E-state index contributed by atoms with van der Waals surface area (Å²) < 4.78 is 15.4. The maximum Gasteiger partial charge on any atom is 0.153 e. The number of nitrogens with two attached hydrogens (primary N) is 1. The largest absolute Gasteiger partial charge is 0.334 e. The van der Waals surface area contributed by atoms with Crippen molar-refractivity contribution in [3.8, 4) is 11.3 Å². The molecule has 2 atom stereocenters. The lowest BCUT2D eigenvalue weighted by atomic mass is 9.70. The first-order chi connectivity index (χ1) is 14.8. The van der Waals surface area contributed by atoms with Crippen LogP contribution in [0.25, 0.3) is 11.3 Å². The Balaban J connectivity index is 1.49. The Bertz CT molecular complexity index is 1070. The van der Waals surface area contributed by atoms with Crippen LogP contribution in [-0.2, 0) is 23.2 Å².